The van der Waals surface area contributed by atoms with Crippen LogP contribution >= 0.6 is 12.2 Å². The Morgan fingerprint density at radius 1 is 1.33 bits per heavy atom. The summed E-state index contributed by atoms with van der Waals surface area (Å²) in [6, 6.07) is 10.4. The monoisotopic (exact) mass is 222 g/mol. The molecule has 0 fully saturated rings. The van der Waals surface area contributed by atoms with Crippen molar-refractivity contribution in [2.75, 3.05) is 13.6 Å². The summed E-state index contributed by atoms with van der Waals surface area (Å²) in [5, 5.41) is 3.85. The molecule has 0 saturated heterocycles. The SMILES string of the molecule is CCCN(Cc1ccccc1)C(=S)NC. The molecule has 82 valence electrons. The zero-order valence-corrected chi connectivity index (χ0v) is 10.2. The Balaban J connectivity index is 2.62. The lowest BCUT2D eigenvalue weighted by atomic mass is 10.2. The van der Waals surface area contributed by atoms with Gasteiger partial charge in [0.1, 0.15) is 0 Å². The van der Waals surface area contributed by atoms with Crippen molar-refractivity contribution >= 4 is 17.3 Å². The maximum atomic E-state index is 5.26. The lowest BCUT2D eigenvalue weighted by molar-refractivity contribution is 0.408. The number of benzene rings is 1. The molecule has 0 radical (unpaired) electrons. The molecule has 0 heterocycles. The van der Waals surface area contributed by atoms with E-state index in [1.165, 1.54) is 5.56 Å². The number of nitrogens with zero attached hydrogens (tertiary/aromatic N) is 1. The van der Waals surface area contributed by atoms with Gasteiger partial charge in [-0.15, -0.1) is 0 Å². The number of hydrogen-bond donors (Lipinski definition) is 1. The Morgan fingerprint density at radius 3 is 2.53 bits per heavy atom. The van der Waals surface area contributed by atoms with Crippen LogP contribution in [0.1, 0.15) is 18.9 Å². The molecule has 0 aliphatic heterocycles. The molecular weight excluding hydrogens is 204 g/mol. The second-order valence-electron chi connectivity index (χ2n) is 3.46. The van der Waals surface area contributed by atoms with Gasteiger partial charge in [0.15, 0.2) is 5.11 Å². The van der Waals surface area contributed by atoms with Crippen LogP contribution in [-0.2, 0) is 6.54 Å². The van der Waals surface area contributed by atoms with Crippen LogP contribution in [0.2, 0.25) is 0 Å². The number of nitrogens with one attached hydrogen (secondary N) is 1. The van der Waals surface area contributed by atoms with E-state index in [2.05, 4.69) is 41.4 Å². The first-order valence-corrected chi connectivity index (χ1v) is 5.69. The molecule has 0 aromatic heterocycles. The van der Waals surface area contributed by atoms with E-state index in [-0.39, 0.29) is 0 Å². The van der Waals surface area contributed by atoms with Gasteiger partial charge in [0.05, 0.1) is 0 Å². The Kier molecular flexibility index (Phi) is 5.12. The second kappa shape index (κ2) is 6.40. The third-order valence-electron chi connectivity index (χ3n) is 2.21. The van der Waals surface area contributed by atoms with Gasteiger partial charge in [-0.2, -0.15) is 0 Å². The van der Waals surface area contributed by atoms with E-state index in [1.54, 1.807) is 0 Å². The molecule has 15 heavy (non-hydrogen) atoms. The molecule has 1 aromatic carbocycles. The molecule has 3 heteroatoms. The van der Waals surface area contributed by atoms with Gasteiger partial charge in [0.2, 0.25) is 0 Å². The molecule has 0 saturated carbocycles. The van der Waals surface area contributed by atoms with Crippen molar-refractivity contribution < 1.29 is 0 Å². The molecule has 2 nitrogen and oxygen atoms in total. The summed E-state index contributed by atoms with van der Waals surface area (Å²) in [5.74, 6) is 0. The van der Waals surface area contributed by atoms with Crippen LogP contribution in [0.25, 0.3) is 0 Å². The van der Waals surface area contributed by atoms with Crippen molar-refractivity contribution in [3.05, 3.63) is 35.9 Å². The fourth-order valence-electron chi connectivity index (χ4n) is 1.48. The normalized spacial score (nSPS) is 9.73. The van der Waals surface area contributed by atoms with Crippen molar-refractivity contribution in [3.63, 3.8) is 0 Å². The highest BCUT2D eigenvalue weighted by atomic mass is 32.1. The Hall–Kier alpha value is -1.09. The van der Waals surface area contributed by atoms with Gasteiger partial charge in [-0.25, -0.2) is 0 Å². The van der Waals surface area contributed by atoms with Crippen molar-refractivity contribution in [1.82, 2.24) is 10.2 Å². The summed E-state index contributed by atoms with van der Waals surface area (Å²) >= 11 is 5.26. The average molecular weight is 222 g/mol. The third-order valence-corrected chi connectivity index (χ3v) is 2.67. The average Bonchev–Trinajstić information content (AvgIpc) is 2.29. The fourth-order valence-corrected chi connectivity index (χ4v) is 1.64. The lowest BCUT2D eigenvalue weighted by Crippen LogP contribution is -2.37. The van der Waals surface area contributed by atoms with E-state index in [0.717, 1.165) is 24.6 Å². The highest BCUT2D eigenvalue weighted by Gasteiger charge is 2.06. The number of thiocarbonyl (C=S) groups is 1. The predicted molar refractivity (Wildman–Crippen MR) is 68.8 cm³/mol. The summed E-state index contributed by atoms with van der Waals surface area (Å²) in [5.41, 5.74) is 1.29. The summed E-state index contributed by atoms with van der Waals surface area (Å²) < 4.78 is 0. The predicted octanol–water partition coefficient (Wildman–Crippen LogP) is 2.40. The summed E-state index contributed by atoms with van der Waals surface area (Å²) in [6.07, 6.45) is 1.11. The molecule has 0 amide bonds. The first-order chi connectivity index (χ1) is 7.27. The van der Waals surface area contributed by atoms with Crippen LogP contribution in [0, 0.1) is 0 Å². The zero-order chi connectivity index (χ0) is 11.1. The van der Waals surface area contributed by atoms with E-state index in [9.17, 15) is 0 Å². The smallest absolute Gasteiger partial charge is 0.168 e. The molecule has 1 rings (SSSR count). The van der Waals surface area contributed by atoms with E-state index in [1.807, 2.05) is 13.1 Å². The quantitative estimate of drug-likeness (QED) is 0.788. The maximum Gasteiger partial charge on any atom is 0.168 e. The van der Waals surface area contributed by atoms with E-state index in [4.69, 9.17) is 12.2 Å². The number of hydrogen-bond acceptors (Lipinski definition) is 1. The van der Waals surface area contributed by atoms with Crippen LogP contribution in [-0.4, -0.2) is 23.6 Å². The highest BCUT2D eigenvalue weighted by molar-refractivity contribution is 7.80. The van der Waals surface area contributed by atoms with Gasteiger partial charge in [0.25, 0.3) is 0 Å². The molecule has 0 unspecified atom stereocenters. The summed E-state index contributed by atoms with van der Waals surface area (Å²) in [7, 11) is 1.87. The largest absolute Gasteiger partial charge is 0.366 e. The van der Waals surface area contributed by atoms with Crippen molar-refractivity contribution in [2.45, 2.75) is 19.9 Å². The molecule has 1 N–H and O–H groups in total. The van der Waals surface area contributed by atoms with Crippen LogP contribution in [0.5, 0.6) is 0 Å². The van der Waals surface area contributed by atoms with Crippen LogP contribution in [0.4, 0.5) is 0 Å². The van der Waals surface area contributed by atoms with Crippen molar-refractivity contribution in [3.8, 4) is 0 Å². The molecule has 1 aromatic rings. The molecule has 0 spiro atoms. The first kappa shape index (κ1) is 12.0. The van der Waals surface area contributed by atoms with E-state index in [0.29, 0.717) is 0 Å². The van der Waals surface area contributed by atoms with Gasteiger partial charge in [-0.3, -0.25) is 0 Å². The summed E-state index contributed by atoms with van der Waals surface area (Å²) in [4.78, 5) is 2.19. The third kappa shape index (κ3) is 3.88. The van der Waals surface area contributed by atoms with Crippen LogP contribution < -0.4 is 5.32 Å². The second-order valence-corrected chi connectivity index (χ2v) is 3.85. The fraction of sp³-hybridized carbons (Fsp3) is 0.417. The topological polar surface area (TPSA) is 15.3 Å². The molecule has 0 bridgehead atoms. The molecule has 0 atom stereocenters. The minimum absolute atomic E-state index is 0.820. The molecular formula is C12H18N2S. The Bertz CT molecular complexity index is 298. The maximum absolute atomic E-state index is 5.26. The lowest BCUT2D eigenvalue weighted by Gasteiger charge is -2.24. The minimum atomic E-state index is 0.820. The Labute approximate surface area is 97.3 Å². The zero-order valence-electron chi connectivity index (χ0n) is 9.36. The first-order valence-electron chi connectivity index (χ1n) is 5.28. The summed E-state index contributed by atoms with van der Waals surface area (Å²) in [6.45, 7) is 4.04. The molecule has 0 aliphatic rings. The highest BCUT2D eigenvalue weighted by Crippen LogP contribution is 2.05. The van der Waals surface area contributed by atoms with Crippen LogP contribution in [0.3, 0.4) is 0 Å². The standard InChI is InChI=1S/C12H18N2S/c1-3-9-14(12(15)13-2)10-11-7-5-4-6-8-11/h4-8H,3,9-10H2,1-2H3,(H,13,15). The minimum Gasteiger partial charge on any atom is -0.366 e. The van der Waals surface area contributed by atoms with Crippen molar-refractivity contribution in [2.24, 2.45) is 0 Å². The van der Waals surface area contributed by atoms with E-state index >= 15 is 0 Å². The van der Waals surface area contributed by atoms with Crippen LogP contribution in [0.15, 0.2) is 30.3 Å². The van der Waals surface area contributed by atoms with Gasteiger partial charge in [-0.1, -0.05) is 37.3 Å². The Morgan fingerprint density at radius 2 is 2.00 bits per heavy atom. The van der Waals surface area contributed by atoms with Gasteiger partial charge in [-0.05, 0) is 24.2 Å². The van der Waals surface area contributed by atoms with Gasteiger partial charge in [0, 0.05) is 20.1 Å². The van der Waals surface area contributed by atoms with E-state index < -0.39 is 0 Å². The van der Waals surface area contributed by atoms with Crippen molar-refractivity contribution in [1.29, 1.82) is 0 Å². The molecule has 0 aliphatic carbocycles. The van der Waals surface area contributed by atoms with Gasteiger partial charge >= 0.3 is 0 Å². The van der Waals surface area contributed by atoms with Gasteiger partial charge < -0.3 is 10.2 Å². The number of rotatable bonds is 4.